The summed E-state index contributed by atoms with van der Waals surface area (Å²) in [6.07, 6.45) is 0. The van der Waals surface area contributed by atoms with E-state index in [4.69, 9.17) is 0 Å². The second kappa shape index (κ2) is 4.81. The summed E-state index contributed by atoms with van der Waals surface area (Å²) in [4.78, 5) is 26.3. The third-order valence-electron chi connectivity index (χ3n) is 3.72. The van der Waals surface area contributed by atoms with Gasteiger partial charge in [0.2, 0.25) is 0 Å². The molecule has 0 radical (unpaired) electrons. The van der Waals surface area contributed by atoms with Crippen LogP contribution in [0.2, 0.25) is 0 Å². The van der Waals surface area contributed by atoms with Gasteiger partial charge in [0.05, 0.1) is 16.8 Å². The molecule has 106 valence electrons. The lowest BCUT2D eigenvalue weighted by atomic mass is 10.1. The molecule has 3 nitrogen and oxygen atoms in total. The Balaban J connectivity index is 2.14. The third-order valence-corrected chi connectivity index (χ3v) is 4.97. The number of nitrogens with zero attached hydrogens (tertiary/aromatic N) is 1. The van der Waals surface area contributed by atoms with Crippen molar-refractivity contribution >= 4 is 33.4 Å². The van der Waals surface area contributed by atoms with E-state index in [2.05, 4.69) is 15.9 Å². The van der Waals surface area contributed by atoms with E-state index in [1.54, 1.807) is 12.1 Å². The van der Waals surface area contributed by atoms with Crippen molar-refractivity contribution in [2.24, 2.45) is 0 Å². The van der Waals surface area contributed by atoms with Gasteiger partial charge in [-0.15, -0.1) is 0 Å². The maximum atomic E-state index is 12.6. The fourth-order valence-corrected chi connectivity index (χ4v) is 2.87. The second-order valence-electron chi connectivity index (χ2n) is 5.39. The number of hydrogen-bond donors (Lipinski definition) is 0. The normalized spacial score (nSPS) is 13.8. The number of rotatable bonds is 1. The lowest BCUT2D eigenvalue weighted by Crippen LogP contribution is -2.29. The zero-order valence-corrected chi connectivity index (χ0v) is 13.6. The summed E-state index contributed by atoms with van der Waals surface area (Å²) in [7, 11) is 0. The quantitative estimate of drug-likeness (QED) is 0.728. The Kier molecular flexibility index (Phi) is 3.21. The lowest BCUT2D eigenvalue weighted by Gasteiger charge is -2.16. The van der Waals surface area contributed by atoms with Crippen LogP contribution in [0.25, 0.3) is 0 Å². The summed E-state index contributed by atoms with van der Waals surface area (Å²) < 4.78 is 0.999. The number of fused-ring (bicyclic) bond motifs is 1. The van der Waals surface area contributed by atoms with Crippen molar-refractivity contribution in [3.8, 4) is 0 Å². The van der Waals surface area contributed by atoms with E-state index in [1.165, 1.54) is 4.90 Å². The summed E-state index contributed by atoms with van der Waals surface area (Å²) in [5.41, 5.74) is 4.55. The molecule has 0 N–H and O–H groups in total. The van der Waals surface area contributed by atoms with Crippen LogP contribution in [0.4, 0.5) is 5.69 Å². The Labute approximate surface area is 131 Å². The Morgan fingerprint density at radius 3 is 2.05 bits per heavy atom. The topological polar surface area (TPSA) is 37.4 Å². The zero-order chi connectivity index (χ0) is 15.3. The maximum Gasteiger partial charge on any atom is 0.266 e. The van der Waals surface area contributed by atoms with E-state index in [0.717, 1.165) is 21.2 Å². The Hall–Kier alpha value is -1.94. The van der Waals surface area contributed by atoms with Crippen LogP contribution in [0.1, 0.15) is 37.4 Å². The van der Waals surface area contributed by atoms with Crippen LogP contribution in [-0.2, 0) is 0 Å². The smallest absolute Gasteiger partial charge is 0.266 e. The van der Waals surface area contributed by atoms with Crippen molar-refractivity contribution in [3.05, 3.63) is 62.6 Å². The summed E-state index contributed by atoms with van der Waals surface area (Å²) in [6.45, 7) is 5.81. The molecular formula is C17H14BrNO2. The zero-order valence-electron chi connectivity index (χ0n) is 12.0. The first-order valence-corrected chi connectivity index (χ1v) is 7.45. The number of halogens is 1. The van der Waals surface area contributed by atoms with Gasteiger partial charge in [0, 0.05) is 4.47 Å². The predicted octanol–water partition coefficient (Wildman–Crippen LogP) is 4.17. The molecule has 1 aliphatic rings. The number of benzene rings is 2. The molecule has 0 aliphatic carbocycles. The van der Waals surface area contributed by atoms with Crippen LogP contribution in [0, 0.1) is 20.8 Å². The van der Waals surface area contributed by atoms with Crippen LogP contribution in [0.5, 0.6) is 0 Å². The maximum absolute atomic E-state index is 12.6. The summed E-state index contributed by atoms with van der Waals surface area (Å²) in [6, 6.07) is 9.06. The molecule has 0 fully saturated rings. The third kappa shape index (κ3) is 2.10. The van der Waals surface area contributed by atoms with Gasteiger partial charge in [0.15, 0.2) is 0 Å². The van der Waals surface area contributed by atoms with E-state index >= 15 is 0 Å². The average molecular weight is 344 g/mol. The van der Waals surface area contributed by atoms with Gasteiger partial charge in [-0.25, -0.2) is 4.90 Å². The first kappa shape index (κ1) is 14.0. The molecule has 1 heterocycles. The Morgan fingerprint density at radius 1 is 0.857 bits per heavy atom. The standard InChI is InChI=1S/C17H14BrNO2/c1-9-4-5-13-14(6-9)17(21)19(16(13)20)12-7-10(2)15(18)11(3)8-12/h4-8H,1-3H3. The van der Waals surface area contributed by atoms with Crippen LogP contribution in [0.3, 0.4) is 0 Å². The molecule has 0 atom stereocenters. The molecule has 2 aromatic rings. The fourth-order valence-electron chi connectivity index (χ4n) is 2.64. The summed E-state index contributed by atoms with van der Waals surface area (Å²) in [5.74, 6) is -0.504. The number of hydrogen-bond acceptors (Lipinski definition) is 2. The van der Waals surface area contributed by atoms with Crippen molar-refractivity contribution in [2.75, 3.05) is 4.90 Å². The minimum absolute atomic E-state index is 0.250. The van der Waals surface area contributed by atoms with Gasteiger partial charge in [-0.1, -0.05) is 27.6 Å². The number of carbonyl (C=O) groups excluding carboxylic acids is 2. The van der Waals surface area contributed by atoms with E-state index in [9.17, 15) is 9.59 Å². The average Bonchev–Trinajstić information content (AvgIpc) is 2.67. The number of anilines is 1. The molecule has 0 bridgehead atoms. The van der Waals surface area contributed by atoms with E-state index in [0.29, 0.717) is 16.8 Å². The Bertz CT molecular complexity index is 772. The second-order valence-corrected chi connectivity index (χ2v) is 6.18. The minimum Gasteiger partial charge on any atom is -0.268 e. The van der Waals surface area contributed by atoms with Gasteiger partial charge in [-0.05, 0) is 56.2 Å². The molecule has 3 rings (SSSR count). The molecule has 2 aromatic carbocycles. The molecule has 0 aromatic heterocycles. The number of aryl methyl sites for hydroxylation is 3. The largest absolute Gasteiger partial charge is 0.268 e. The minimum atomic E-state index is -0.254. The first-order valence-electron chi connectivity index (χ1n) is 6.66. The molecule has 2 amide bonds. The van der Waals surface area contributed by atoms with Gasteiger partial charge in [-0.2, -0.15) is 0 Å². The van der Waals surface area contributed by atoms with Crippen molar-refractivity contribution in [1.82, 2.24) is 0 Å². The van der Waals surface area contributed by atoms with E-state index in [1.807, 2.05) is 39.0 Å². The highest BCUT2D eigenvalue weighted by molar-refractivity contribution is 9.10. The Morgan fingerprint density at radius 2 is 1.43 bits per heavy atom. The van der Waals surface area contributed by atoms with Crippen LogP contribution >= 0.6 is 15.9 Å². The number of amides is 2. The molecule has 0 unspecified atom stereocenters. The van der Waals surface area contributed by atoms with E-state index < -0.39 is 0 Å². The van der Waals surface area contributed by atoms with Gasteiger partial charge in [0.1, 0.15) is 0 Å². The van der Waals surface area contributed by atoms with Gasteiger partial charge in [-0.3, -0.25) is 9.59 Å². The van der Waals surface area contributed by atoms with Crippen molar-refractivity contribution in [1.29, 1.82) is 0 Å². The fraction of sp³-hybridized carbons (Fsp3) is 0.176. The van der Waals surface area contributed by atoms with Crippen LogP contribution in [0.15, 0.2) is 34.8 Å². The molecule has 4 heteroatoms. The predicted molar refractivity (Wildman–Crippen MR) is 85.9 cm³/mol. The van der Waals surface area contributed by atoms with E-state index in [-0.39, 0.29) is 11.8 Å². The molecule has 0 spiro atoms. The molecule has 0 saturated carbocycles. The van der Waals surface area contributed by atoms with Crippen molar-refractivity contribution in [3.63, 3.8) is 0 Å². The van der Waals surface area contributed by atoms with Crippen molar-refractivity contribution in [2.45, 2.75) is 20.8 Å². The summed E-state index contributed by atoms with van der Waals surface area (Å²) in [5, 5.41) is 0. The van der Waals surface area contributed by atoms with Crippen LogP contribution in [-0.4, -0.2) is 11.8 Å². The highest BCUT2D eigenvalue weighted by Crippen LogP contribution is 2.32. The highest BCUT2D eigenvalue weighted by Gasteiger charge is 2.36. The SMILES string of the molecule is Cc1ccc2c(c1)C(=O)N(c1cc(C)c(Br)c(C)c1)C2=O. The van der Waals surface area contributed by atoms with Gasteiger partial charge >= 0.3 is 0 Å². The first-order chi connectivity index (χ1) is 9.90. The van der Waals surface area contributed by atoms with Crippen LogP contribution < -0.4 is 4.90 Å². The lowest BCUT2D eigenvalue weighted by molar-refractivity contribution is 0.0926. The van der Waals surface area contributed by atoms with Gasteiger partial charge in [0.25, 0.3) is 11.8 Å². The monoisotopic (exact) mass is 343 g/mol. The molecule has 0 saturated heterocycles. The number of carbonyl (C=O) groups is 2. The highest BCUT2D eigenvalue weighted by atomic mass is 79.9. The van der Waals surface area contributed by atoms with Gasteiger partial charge < -0.3 is 0 Å². The summed E-state index contributed by atoms with van der Waals surface area (Å²) >= 11 is 3.50. The molecular weight excluding hydrogens is 330 g/mol. The molecule has 21 heavy (non-hydrogen) atoms. The molecule has 1 aliphatic heterocycles. The van der Waals surface area contributed by atoms with Crippen molar-refractivity contribution < 1.29 is 9.59 Å². The number of imide groups is 1.